The highest BCUT2D eigenvalue weighted by Gasteiger charge is 2.12. The molecular weight excluding hydrogens is 300 g/mol. The number of hydrogen-bond donors (Lipinski definition) is 2. The molecule has 2 N–H and O–H groups in total. The lowest BCUT2D eigenvalue weighted by Crippen LogP contribution is -2.17. The lowest BCUT2D eigenvalue weighted by molar-refractivity contribution is 0.490. The number of hydrogen-bond acceptors (Lipinski definition) is 4. The van der Waals surface area contributed by atoms with E-state index in [2.05, 4.69) is 10.0 Å². The summed E-state index contributed by atoms with van der Waals surface area (Å²) >= 11 is 0. The van der Waals surface area contributed by atoms with E-state index in [0.717, 1.165) is 22.8 Å². The second-order valence-electron chi connectivity index (χ2n) is 5.26. The van der Waals surface area contributed by atoms with Crippen molar-refractivity contribution in [3.8, 4) is 0 Å². The van der Waals surface area contributed by atoms with Gasteiger partial charge in [-0.2, -0.15) is 0 Å². The van der Waals surface area contributed by atoms with E-state index in [4.69, 9.17) is 4.42 Å². The minimum atomic E-state index is -3.28. The lowest BCUT2D eigenvalue weighted by atomic mass is 10.1. The minimum absolute atomic E-state index is 0.121. The van der Waals surface area contributed by atoms with Crippen molar-refractivity contribution in [2.75, 3.05) is 15.8 Å². The van der Waals surface area contributed by atoms with Crippen LogP contribution in [0.5, 0.6) is 0 Å². The highest BCUT2D eigenvalue weighted by Crippen LogP contribution is 2.25. The largest absolute Gasteiger partial charge is 0.465 e. The maximum absolute atomic E-state index is 11.9. The van der Waals surface area contributed by atoms with Crippen LogP contribution < -0.4 is 10.0 Å². The molecule has 0 atom stereocenters. The summed E-state index contributed by atoms with van der Waals surface area (Å²) in [6.45, 7) is 6.19. The first-order valence-corrected chi connectivity index (χ1v) is 8.96. The van der Waals surface area contributed by atoms with E-state index < -0.39 is 10.0 Å². The summed E-state index contributed by atoms with van der Waals surface area (Å²) in [7, 11) is -3.28. The lowest BCUT2D eigenvalue weighted by Gasteiger charge is -2.14. The quantitative estimate of drug-likeness (QED) is 0.816. The number of sulfonamides is 1. The molecule has 0 spiro atoms. The Balaban J connectivity index is 2.12. The van der Waals surface area contributed by atoms with Crippen LogP contribution in [0.15, 0.2) is 34.7 Å². The van der Waals surface area contributed by atoms with E-state index in [1.54, 1.807) is 6.07 Å². The summed E-state index contributed by atoms with van der Waals surface area (Å²) in [5, 5.41) is 3.27. The first-order chi connectivity index (χ1) is 10.4. The van der Waals surface area contributed by atoms with Gasteiger partial charge in [0.2, 0.25) is 10.0 Å². The molecule has 0 fully saturated rings. The van der Waals surface area contributed by atoms with Crippen LogP contribution in [0.3, 0.4) is 0 Å². The van der Waals surface area contributed by atoms with Crippen molar-refractivity contribution in [3.05, 3.63) is 47.4 Å². The number of nitrogens with one attached hydrogen (secondary N) is 2. The van der Waals surface area contributed by atoms with Gasteiger partial charge >= 0.3 is 0 Å². The van der Waals surface area contributed by atoms with Crippen LogP contribution in [0.2, 0.25) is 0 Å². The average Bonchev–Trinajstić information content (AvgIpc) is 2.85. The summed E-state index contributed by atoms with van der Waals surface area (Å²) in [4.78, 5) is 0. The zero-order chi connectivity index (χ0) is 16.2. The molecule has 120 valence electrons. The molecule has 0 saturated carbocycles. The van der Waals surface area contributed by atoms with Crippen molar-refractivity contribution < 1.29 is 12.8 Å². The summed E-state index contributed by atoms with van der Waals surface area (Å²) in [6, 6.07) is 9.35. The summed E-state index contributed by atoms with van der Waals surface area (Å²) in [5.74, 6) is 1.83. The monoisotopic (exact) mass is 322 g/mol. The maximum Gasteiger partial charge on any atom is 0.232 e. The van der Waals surface area contributed by atoms with Crippen LogP contribution in [0.1, 0.15) is 30.4 Å². The number of aryl methyl sites for hydroxylation is 1. The van der Waals surface area contributed by atoms with Crippen LogP contribution in [0.4, 0.5) is 11.4 Å². The molecule has 0 bridgehead atoms. The number of anilines is 2. The van der Waals surface area contributed by atoms with E-state index in [1.165, 1.54) is 0 Å². The fourth-order valence-electron chi connectivity index (χ4n) is 2.19. The first-order valence-electron chi connectivity index (χ1n) is 7.30. The molecule has 6 heteroatoms. The van der Waals surface area contributed by atoms with E-state index in [1.807, 2.05) is 45.0 Å². The van der Waals surface area contributed by atoms with Crippen LogP contribution >= 0.6 is 0 Å². The average molecular weight is 322 g/mol. The van der Waals surface area contributed by atoms with Gasteiger partial charge in [0.05, 0.1) is 18.0 Å². The number of benzene rings is 1. The summed E-state index contributed by atoms with van der Waals surface area (Å²) in [5.41, 5.74) is 2.35. The Kier molecular flexibility index (Phi) is 5.13. The molecule has 1 heterocycles. The summed E-state index contributed by atoms with van der Waals surface area (Å²) in [6.07, 6.45) is 0.587. The van der Waals surface area contributed by atoms with Gasteiger partial charge in [-0.1, -0.05) is 13.0 Å². The number of rotatable bonds is 7. The van der Waals surface area contributed by atoms with E-state index >= 15 is 0 Å². The molecule has 0 radical (unpaired) electrons. The van der Waals surface area contributed by atoms with Crippen LogP contribution in [0, 0.1) is 13.8 Å². The van der Waals surface area contributed by atoms with Crippen LogP contribution in [0.25, 0.3) is 0 Å². The van der Waals surface area contributed by atoms with Crippen molar-refractivity contribution in [1.82, 2.24) is 0 Å². The molecule has 0 unspecified atom stereocenters. The van der Waals surface area contributed by atoms with E-state index in [0.29, 0.717) is 18.7 Å². The molecule has 2 aromatic rings. The Morgan fingerprint density at radius 3 is 2.45 bits per heavy atom. The fraction of sp³-hybridized carbons (Fsp3) is 0.375. The molecule has 2 rings (SSSR count). The Bertz CT molecular complexity index is 736. The second-order valence-corrected chi connectivity index (χ2v) is 7.11. The third-order valence-corrected chi connectivity index (χ3v) is 4.80. The molecular formula is C16H22N2O3S. The van der Waals surface area contributed by atoms with Crippen molar-refractivity contribution >= 4 is 21.4 Å². The predicted molar refractivity (Wildman–Crippen MR) is 89.7 cm³/mol. The van der Waals surface area contributed by atoms with Gasteiger partial charge in [-0.25, -0.2) is 8.42 Å². The maximum atomic E-state index is 11.9. The molecule has 0 aliphatic rings. The fourth-order valence-corrected chi connectivity index (χ4v) is 3.38. The minimum Gasteiger partial charge on any atom is -0.465 e. The Hall–Kier alpha value is -1.95. The molecule has 22 heavy (non-hydrogen) atoms. The van der Waals surface area contributed by atoms with E-state index in [9.17, 15) is 8.42 Å². The summed E-state index contributed by atoms with van der Waals surface area (Å²) < 4.78 is 32.0. The van der Waals surface area contributed by atoms with Gasteiger partial charge in [-0.05, 0) is 50.1 Å². The third-order valence-electron chi connectivity index (χ3n) is 3.32. The molecule has 1 aromatic heterocycles. The van der Waals surface area contributed by atoms with Crippen LogP contribution in [-0.4, -0.2) is 14.2 Å². The van der Waals surface area contributed by atoms with Gasteiger partial charge in [0.15, 0.2) is 0 Å². The van der Waals surface area contributed by atoms with Gasteiger partial charge < -0.3 is 9.73 Å². The van der Waals surface area contributed by atoms with Gasteiger partial charge in [-0.3, -0.25) is 4.72 Å². The highest BCUT2D eigenvalue weighted by molar-refractivity contribution is 7.92. The smallest absolute Gasteiger partial charge is 0.232 e. The highest BCUT2D eigenvalue weighted by atomic mass is 32.2. The van der Waals surface area contributed by atoms with Gasteiger partial charge in [-0.15, -0.1) is 0 Å². The Morgan fingerprint density at radius 1 is 1.09 bits per heavy atom. The first kappa shape index (κ1) is 16.4. The van der Waals surface area contributed by atoms with Crippen molar-refractivity contribution in [3.63, 3.8) is 0 Å². The molecule has 0 saturated heterocycles. The van der Waals surface area contributed by atoms with Crippen molar-refractivity contribution in [1.29, 1.82) is 0 Å². The van der Waals surface area contributed by atoms with Crippen LogP contribution in [-0.2, 0) is 16.6 Å². The molecule has 1 aromatic carbocycles. The Labute approximate surface area is 131 Å². The van der Waals surface area contributed by atoms with Gasteiger partial charge in [0.1, 0.15) is 11.5 Å². The molecule has 5 nitrogen and oxygen atoms in total. The standard InChI is InChI=1S/C16H22N2O3S/c1-4-10-22(19,20)18-16-7-5-6-15(13(16)3)17-11-14-9-8-12(2)21-14/h5-9,17-18H,4,10-11H2,1-3H3. The third kappa shape index (κ3) is 4.27. The normalized spacial score (nSPS) is 11.4. The van der Waals surface area contributed by atoms with Gasteiger partial charge in [0.25, 0.3) is 0 Å². The zero-order valence-electron chi connectivity index (χ0n) is 13.1. The SMILES string of the molecule is CCCS(=O)(=O)Nc1cccc(NCc2ccc(C)o2)c1C. The van der Waals surface area contributed by atoms with E-state index in [-0.39, 0.29) is 5.75 Å². The topological polar surface area (TPSA) is 71.3 Å². The van der Waals surface area contributed by atoms with Gasteiger partial charge in [0, 0.05) is 5.69 Å². The molecule has 0 aliphatic carbocycles. The van der Waals surface area contributed by atoms with Crippen molar-refractivity contribution in [2.45, 2.75) is 33.7 Å². The zero-order valence-corrected chi connectivity index (χ0v) is 14.0. The van der Waals surface area contributed by atoms with Crippen molar-refractivity contribution in [2.24, 2.45) is 0 Å². The molecule has 0 aliphatic heterocycles. The Morgan fingerprint density at radius 2 is 1.82 bits per heavy atom. The predicted octanol–water partition coefficient (Wildman–Crippen LogP) is 3.66. The number of furan rings is 1. The second kappa shape index (κ2) is 6.87. The molecule has 0 amide bonds.